The van der Waals surface area contributed by atoms with Crippen LogP contribution in [-0.2, 0) is 0 Å². The summed E-state index contributed by atoms with van der Waals surface area (Å²) in [5, 5.41) is 12.3. The predicted molar refractivity (Wildman–Crippen MR) is 43.5 cm³/mol. The molecule has 1 unspecified atom stereocenters. The van der Waals surface area contributed by atoms with Crippen LogP contribution in [0, 0.1) is 0 Å². The maximum atomic E-state index is 9.32. The number of aliphatic hydroxyl groups is 1. The zero-order valence-electron chi connectivity index (χ0n) is 5.86. The van der Waals surface area contributed by atoms with Gasteiger partial charge in [0, 0.05) is 11.3 Å². The van der Waals surface area contributed by atoms with Gasteiger partial charge in [-0.1, -0.05) is 18.2 Å². The highest BCUT2D eigenvalue weighted by molar-refractivity contribution is 5.79. The third-order valence-corrected chi connectivity index (χ3v) is 1.67. The van der Waals surface area contributed by atoms with Crippen LogP contribution in [0.2, 0.25) is 0 Å². The average Bonchev–Trinajstić information content (AvgIpc) is 2.06. The molecule has 11 heavy (non-hydrogen) atoms. The fourth-order valence-corrected chi connectivity index (χ4v) is 1.11. The minimum Gasteiger partial charge on any atom is -0.368 e. The molecule has 0 saturated heterocycles. The maximum Gasteiger partial charge on any atom is 0.174 e. The number of rotatable bonds is 0. The van der Waals surface area contributed by atoms with Crippen molar-refractivity contribution in [3.05, 3.63) is 29.8 Å². The Morgan fingerprint density at radius 2 is 2.18 bits per heavy atom. The zero-order chi connectivity index (χ0) is 7.68. The third-order valence-electron chi connectivity index (χ3n) is 1.67. The van der Waals surface area contributed by atoms with E-state index in [2.05, 4.69) is 10.3 Å². The van der Waals surface area contributed by atoms with Gasteiger partial charge in [-0.2, -0.15) is 0 Å². The Labute approximate surface area is 64.4 Å². The Morgan fingerprint density at radius 1 is 1.36 bits per heavy atom. The number of hydrogen-bond donors (Lipinski definition) is 2. The summed E-state index contributed by atoms with van der Waals surface area (Å²) in [7, 11) is 0. The van der Waals surface area contributed by atoms with Crippen molar-refractivity contribution in [2.75, 3.05) is 5.32 Å². The molecule has 2 rings (SSSR count). The van der Waals surface area contributed by atoms with Crippen LogP contribution >= 0.6 is 0 Å². The quantitative estimate of drug-likeness (QED) is 0.579. The molecule has 0 saturated carbocycles. The fraction of sp³-hybridized carbons (Fsp3) is 0.125. The van der Waals surface area contributed by atoms with Gasteiger partial charge in [0.15, 0.2) is 6.23 Å². The van der Waals surface area contributed by atoms with E-state index in [1.807, 2.05) is 24.3 Å². The van der Waals surface area contributed by atoms with Gasteiger partial charge >= 0.3 is 0 Å². The lowest BCUT2D eigenvalue weighted by atomic mass is 10.1. The van der Waals surface area contributed by atoms with Crippen molar-refractivity contribution in [3.8, 4) is 0 Å². The van der Waals surface area contributed by atoms with Crippen LogP contribution in [-0.4, -0.2) is 11.4 Å². The van der Waals surface area contributed by atoms with Gasteiger partial charge in [-0.25, -0.2) is 4.99 Å². The molecule has 56 valence electrons. The van der Waals surface area contributed by atoms with Crippen molar-refractivity contribution in [2.45, 2.75) is 6.23 Å². The number of anilines is 1. The summed E-state index contributed by atoms with van der Waals surface area (Å²) in [6.45, 7) is 0. The van der Waals surface area contributed by atoms with E-state index < -0.39 is 6.23 Å². The van der Waals surface area contributed by atoms with Gasteiger partial charge in [0.05, 0.1) is 6.34 Å². The number of nitrogens with zero attached hydrogens (tertiary/aromatic N) is 1. The largest absolute Gasteiger partial charge is 0.368 e. The number of nitrogens with one attached hydrogen (secondary N) is 1. The Balaban J connectivity index is 2.50. The zero-order valence-corrected chi connectivity index (χ0v) is 5.86. The van der Waals surface area contributed by atoms with Crippen LogP contribution in [0.25, 0.3) is 0 Å². The van der Waals surface area contributed by atoms with E-state index in [9.17, 15) is 5.11 Å². The van der Waals surface area contributed by atoms with Crippen LogP contribution in [0.1, 0.15) is 11.8 Å². The molecule has 0 aromatic heterocycles. The van der Waals surface area contributed by atoms with Gasteiger partial charge in [-0.15, -0.1) is 0 Å². The van der Waals surface area contributed by atoms with E-state index in [0.29, 0.717) is 0 Å². The van der Waals surface area contributed by atoms with E-state index in [-0.39, 0.29) is 0 Å². The van der Waals surface area contributed by atoms with E-state index in [1.54, 1.807) is 0 Å². The van der Waals surface area contributed by atoms with E-state index in [4.69, 9.17) is 0 Å². The van der Waals surface area contributed by atoms with E-state index in [0.717, 1.165) is 11.3 Å². The molecule has 0 amide bonds. The van der Waals surface area contributed by atoms with Gasteiger partial charge < -0.3 is 10.4 Å². The number of hydrogen-bond acceptors (Lipinski definition) is 3. The molecule has 1 aliphatic rings. The van der Waals surface area contributed by atoms with E-state index >= 15 is 0 Å². The first-order chi connectivity index (χ1) is 5.38. The molecule has 1 aromatic carbocycles. The lowest BCUT2D eigenvalue weighted by Gasteiger charge is -2.15. The van der Waals surface area contributed by atoms with Crippen LogP contribution in [0.5, 0.6) is 0 Å². The highest BCUT2D eigenvalue weighted by Gasteiger charge is 2.11. The standard InChI is InChI=1S/C8H8N2O/c11-8-6-3-1-2-4-7(6)9-5-10-8/h1-5,8,11H,(H,9,10). The van der Waals surface area contributed by atoms with Crippen molar-refractivity contribution in [3.63, 3.8) is 0 Å². The highest BCUT2D eigenvalue weighted by atomic mass is 16.3. The van der Waals surface area contributed by atoms with Crippen molar-refractivity contribution in [2.24, 2.45) is 4.99 Å². The Hall–Kier alpha value is -1.35. The molecule has 3 heteroatoms. The maximum absolute atomic E-state index is 9.32. The van der Waals surface area contributed by atoms with Crippen molar-refractivity contribution < 1.29 is 5.11 Å². The first kappa shape index (κ1) is 6.37. The summed E-state index contributed by atoms with van der Waals surface area (Å²) in [6.07, 6.45) is 0.806. The number of para-hydroxylation sites is 1. The first-order valence-corrected chi connectivity index (χ1v) is 3.43. The number of aliphatic imine (C=N–C) groups is 1. The number of benzene rings is 1. The summed E-state index contributed by atoms with van der Waals surface area (Å²) in [6, 6.07) is 7.55. The highest BCUT2D eigenvalue weighted by Crippen LogP contribution is 2.25. The summed E-state index contributed by atoms with van der Waals surface area (Å²) in [5.41, 5.74) is 1.75. The molecule has 0 aliphatic carbocycles. The summed E-state index contributed by atoms with van der Waals surface area (Å²) < 4.78 is 0. The second-order valence-corrected chi connectivity index (χ2v) is 2.38. The minimum atomic E-state index is -0.701. The number of aliphatic hydroxyl groups excluding tert-OH is 1. The molecule has 3 nitrogen and oxygen atoms in total. The first-order valence-electron chi connectivity index (χ1n) is 3.43. The molecule has 1 atom stereocenters. The van der Waals surface area contributed by atoms with Crippen molar-refractivity contribution >= 4 is 12.0 Å². The van der Waals surface area contributed by atoms with Gasteiger partial charge in [0.2, 0.25) is 0 Å². The van der Waals surface area contributed by atoms with Crippen LogP contribution in [0.3, 0.4) is 0 Å². The summed E-state index contributed by atoms with van der Waals surface area (Å²) in [5.74, 6) is 0. The molecule has 0 spiro atoms. The molecular weight excluding hydrogens is 140 g/mol. The van der Waals surface area contributed by atoms with Crippen LogP contribution in [0.15, 0.2) is 29.3 Å². The van der Waals surface area contributed by atoms with Gasteiger partial charge in [0.25, 0.3) is 0 Å². The molecule has 2 N–H and O–H groups in total. The van der Waals surface area contributed by atoms with E-state index in [1.165, 1.54) is 6.34 Å². The lowest BCUT2D eigenvalue weighted by Crippen LogP contribution is -2.09. The molecule has 1 aliphatic heterocycles. The summed E-state index contributed by atoms with van der Waals surface area (Å²) in [4.78, 5) is 3.79. The molecule has 0 bridgehead atoms. The SMILES string of the molecule is OC1N=CNc2ccccc21. The second kappa shape index (κ2) is 2.36. The molecule has 0 radical (unpaired) electrons. The average molecular weight is 148 g/mol. The predicted octanol–water partition coefficient (Wildman–Crippen LogP) is 1.13. The second-order valence-electron chi connectivity index (χ2n) is 2.38. The van der Waals surface area contributed by atoms with Crippen molar-refractivity contribution in [1.29, 1.82) is 0 Å². The normalized spacial score (nSPS) is 20.6. The van der Waals surface area contributed by atoms with Crippen molar-refractivity contribution in [1.82, 2.24) is 0 Å². The Kier molecular flexibility index (Phi) is 1.36. The third kappa shape index (κ3) is 0.991. The Morgan fingerprint density at radius 3 is 3.00 bits per heavy atom. The van der Waals surface area contributed by atoms with Gasteiger partial charge in [-0.3, -0.25) is 0 Å². The van der Waals surface area contributed by atoms with Gasteiger partial charge in [0.1, 0.15) is 0 Å². The minimum absolute atomic E-state index is 0.701. The molecule has 1 heterocycles. The van der Waals surface area contributed by atoms with Gasteiger partial charge in [-0.05, 0) is 6.07 Å². The fourth-order valence-electron chi connectivity index (χ4n) is 1.11. The lowest BCUT2D eigenvalue weighted by molar-refractivity contribution is 0.189. The molecule has 1 aromatic rings. The molecule has 0 fully saturated rings. The smallest absolute Gasteiger partial charge is 0.174 e. The Bertz CT molecular complexity index is 296. The van der Waals surface area contributed by atoms with Crippen LogP contribution in [0.4, 0.5) is 5.69 Å². The number of fused-ring (bicyclic) bond motifs is 1. The monoisotopic (exact) mass is 148 g/mol. The van der Waals surface area contributed by atoms with Crippen LogP contribution < -0.4 is 5.32 Å². The topological polar surface area (TPSA) is 44.6 Å². The summed E-state index contributed by atoms with van der Waals surface area (Å²) >= 11 is 0. The molecular formula is C8H8N2O.